The molecule has 3 nitrogen and oxygen atoms in total. The molecule has 1 rings (SSSR count). The molecule has 0 radical (unpaired) electrons. The van der Waals surface area contributed by atoms with Crippen molar-refractivity contribution in [1.82, 2.24) is 0 Å². The monoisotopic (exact) mass is 236 g/mol. The van der Waals surface area contributed by atoms with Gasteiger partial charge in [0.2, 0.25) is 0 Å². The van der Waals surface area contributed by atoms with Crippen LogP contribution in [0.4, 0.5) is 0 Å². The van der Waals surface area contributed by atoms with Gasteiger partial charge in [-0.15, -0.1) is 0 Å². The van der Waals surface area contributed by atoms with Crippen LogP contribution in [0.25, 0.3) is 0 Å². The zero-order valence-corrected chi connectivity index (χ0v) is 10.7. The maximum Gasteiger partial charge on any atom is 0.347 e. The van der Waals surface area contributed by atoms with E-state index in [2.05, 4.69) is 6.92 Å². The van der Waals surface area contributed by atoms with Crippen LogP contribution >= 0.6 is 0 Å². The number of hydrogen-bond donors (Lipinski definition) is 0. The highest BCUT2D eigenvalue weighted by atomic mass is 16.6. The third kappa shape index (κ3) is 4.10. The summed E-state index contributed by atoms with van der Waals surface area (Å²) in [7, 11) is 0. The average molecular weight is 236 g/mol. The van der Waals surface area contributed by atoms with Crippen LogP contribution < -0.4 is 4.74 Å². The van der Waals surface area contributed by atoms with Crippen molar-refractivity contribution in [2.75, 3.05) is 6.61 Å². The second kappa shape index (κ2) is 6.94. The van der Waals surface area contributed by atoms with E-state index in [1.54, 1.807) is 6.92 Å². The van der Waals surface area contributed by atoms with Crippen LogP contribution in [0.3, 0.4) is 0 Å². The molecule has 1 aromatic rings. The standard InChI is InChI=1S/C14H20O3/c1-4-11-8-7-9-12(10-11)17-13(5-2)14(15)16-6-3/h7-10,13H,4-6H2,1-3H3. The van der Waals surface area contributed by atoms with Crippen LogP contribution in [0.5, 0.6) is 5.75 Å². The second-order valence-corrected chi connectivity index (χ2v) is 3.77. The molecule has 94 valence electrons. The maximum atomic E-state index is 11.6. The molecule has 0 saturated heterocycles. The lowest BCUT2D eigenvalue weighted by Crippen LogP contribution is -2.28. The largest absolute Gasteiger partial charge is 0.479 e. The summed E-state index contributed by atoms with van der Waals surface area (Å²) in [5.41, 5.74) is 1.20. The topological polar surface area (TPSA) is 35.5 Å². The van der Waals surface area contributed by atoms with Gasteiger partial charge in [0.25, 0.3) is 0 Å². The van der Waals surface area contributed by atoms with Gasteiger partial charge in [0.15, 0.2) is 6.10 Å². The first kappa shape index (κ1) is 13.6. The van der Waals surface area contributed by atoms with Crippen LogP contribution in [0.1, 0.15) is 32.8 Å². The normalized spacial score (nSPS) is 11.9. The minimum Gasteiger partial charge on any atom is -0.479 e. The third-order valence-corrected chi connectivity index (χ3v) is 2.51. The first-order valence-electron chi connectivity index (χ1n) is 6.13. The van der Waals surface area contributed by atoms with Gasteiger partial charge in [-0.3, -0.25) is 0 Å². The van der Waals surface area contributed by atoms with Gasteiger partial charge in [-0.1, -0.05) is 26.0 Å². The van der Waals surface area contributed by atoms with Gasteiger partial charge < -0.3 is 9.47 Å². The predicted molar refractivity (Wildman–Crippen MR) is 67.2 cm³/mol. The first-order chi connectivity index (χ1) is 8.21. The van der Waals surface area contributed by atoms with Gasteiger partial charge in [0.05, 0.1) is 6.61 Å². The molecule has 0 saturated carbocycles. The molecule has 0 aliphatic rings. The van der Waals surface area contributed by atoms with Crippen molar-refractivity contribution in [2.24, 2.45) is 0 Å². The van der Waals surface area contributed by atoms with Gasteiger partial charge in [-0.25, -0.2) is 4.79 Å². The second-order valence-electron chi connectivity index (χ2n) is 3.77. The van der Waals surface area contributed by atoms with E-state index < -0.39 is 6.10 Å². The molecular weight excluding hydrogens is 216 g/mol. The summed E-state index contributed by atoms with van der Waals surface area (Å²) in [6, 6.07) is 7.80. The van der Waals surface area contributed by atoms with Crippen molar-refractivity contribution >= 4 is 5.97 Å². The molecule has 3 heteroatoms. The van der Waals surface area contributed by atoms with Crippen molar-refractivity contribution in [1.29, 1.82) is 0 Å². The Hall–Kier alpha value is -1.51. The zero-order valence-electron chi connectivity index (χ0n) is 10.7. The number of carbonyl (C=O) groups is 1. The summed E-state index contributed by atoms with van der Waals surface area (Å²) in [6.07, 6.45) is 1.05. The molecule has 0 N–H and O–H groups in total. The van der Waals surface area contributed by atoms with Crippen molar-refractivity contribution < 1.29 is 14.3 Å². The molecule has 0 amide bonds. The SMILES string of the molecule is CCOC(=O)C(CC)Oc1cccc(CC)c1. The fraction of sp³-hybridized carbons (Fsp3) is 0.500. The lowest BCUT2D eigenvalue weighted by Gasteiger charge is -2.16. The van der Waals surface area contributed by atoms with Gasteiger partial charge in [0, 0.05) is 0 Å². The van der Waals surface area contributed by atoms with Crippen LogP contribution in [0.15, 0.2) is 24.3 Å². The fourth-order valence-corrected chi connectivity index (χ4v) is 1.54. The molecule has 0 aromatic heterocycles. The molecule has 0 heterocycles. The highest BCUT2D eigenvalue weighted by Crippen LogP contribution is 2.16. The molecule has 0 aliphatic heterocycles. The van der Waals surface area contributed by atoms with Crippen molar-refractivity contribution in [3.05, 3.63) is 29.8 Å². The quantitative estimate of drug-likeness (QED) is 0.712. The lowest BCUT2D eigenvalue weighted by molar-refractivity contribution is -0.151. The first-order valence-corrected chi connectivity index (χ1v) is 6.13. The molecule has 0 bridgehead atoms. The third-order valence-electron chi connectivity index (χ3n) is 2.51. The van der Waals surface area contributed by atoms with E-state index in [9.17, 15) is 4.79 Å². The number of ether oxygens (including phenoxy) is 2. The smallest absolute Gasteiger partial charge is 0.347 e. The Kier molecular flexibility index (Phi) is 5.53. The number of hydrogen-bond acceptors (Lipinski definition) is 3. The molecule has 1 unspecified atom stereocenters. The highest BCUT2D eigenvalue weighted by Gasteiger charge is 2.19. The molecule has 1 atom stereocenters. The minimum absolute atomic E-state index is 0.295. The van der Waals surface area contributed by atoms with Gasteiger partial charge >= 0.3 is 5.97 Å². The Balaban J connectivity index is 2.69. The Labute approximate surface area is 103 Å². The molecule has 0 aliphatic carbocycles. The van der Waals surface area contributed by atoms with Crippen LogP contribution in [0.2, 0.25) is 0 Å². The number of benzene rings is 1. The molecule has 0 spiro atoms. The Morgan fingerprint density at radius 3 is 2.65 bits per heavy atom. The van der Waals surface area contributed by atoms with Crippen LogP contribution in [-0.2, 0) is 16.0 Å². The summed E-state index contributed by atoms with van der Waals surface area (Å²) in [4.78, 5) is 11.6. The average Bonchev–Trinajstić information content (AvgIpc) is 2.36. The summed E-state index contributed by atoms with van der Waals surface area (Å²) < 4.78 is 10.6. The van der Waals surface area contributed by atoms with Crippen LogP contribution in [0, 0.1) is 0 Å². The molecule has 1 aromatic carbocycles. The van der Waals surface area contributed by atoms with Crippen molar-refractivity contribution in [3.63, 3.8) is 0 Å². The number of aryl methyl sites for hydroxylation is 1. The summed E-state index contributed by atoms with van der Waals surface area (Å²) >= 11 is 0. The van der Waals surface area contributed by atoms with Crippen molar-refractivity contribution in [3.8, 4) is 5.75 Å². The minimum atomic E-state index is -0.512. The van der Waals surface area contributed by atoms with Gasteiger partial charge in [0.1, 0.15) is 5.75 Å². The van der Waals surface area contributed by atoms with E-state index in [1.807, 2.05) is 31.2 Å². The van der Waals surface area contributed by atoms with Crippen molar-refractivity contribution in [2.45, 2.75) is 39.7 Å². The lowest BCUT2D eigenvalue weighted by atomic mass is 10.1. The highest BCUT2D eigenvalue weighted by molar-refractivity contribution is 5.75. The predicted octanol–water partition coefficient (Wildman–Crippen LogP) is 2.97. The maximum absolute atomic E-state index is 11.6. The molecule has 0 fully saturated rings. The zero-order chi connectivity index (χ0) is 12.7. The molecule has 17 heavy (non-hydrogen) atoms. The van der Waals surface area contributed by atoms with E-state index in [0.29, 0.717) is 13.0 Å². The summed E-state index contributed by atoms with van der Waals surface area (Å²) in [6.45, 7) is 6.17. The van der Waals surface area contributed by atoms with E-state index in [4.69, 9.17) is 9.47 Å². The number of carbonyl (C=O) groups excluding carboxylic acids is 1. The summed E-state index contributed by atoms with van der Waals surface area (Å²) in [5.74, 6) is 0.432. The Bertz CT molecular complexity index is 360. The van der Waals surface area contributed by atoms with Gasteiger partial charge in [-0.05, 0) is 37.5 Å². The Morgan fingerprint density at radius 2 is 2.06 bits per heavy atom. The molecular formula is C14H20O3. The van der Waals surface area contributed by atoms with E-state index in [0.717, 1.165) is 12.2 Å². The van der Waals surface area contributed by atoms with Gasteiger partial charge in [-0.2, -0.15) is 0 Å². The Morgan fingerprint density at radius 1 is 1.29 bits per heavy atom. The van der Waals surface area contributed by atoms with Crippen LogP contribution in [-0.4, -0.2) is 18.7 Å². The number of rotatable bonds is 6. The number of esters is 1. The fourth-order valence-electron chi connectivity index (χ4n) is 1.54. The van der Waals surface area contributed by atoms with E-state index in [-0.39, 0.29) is 5.97 Å². The van der Waals surface area contributed by atoms with E-state index in [1.165, 1.54) is 5.56 Å². The van der Waals surface area contributed by atoms with E-state index >= 15 is 0 Å². The summed E-state index contributed by atoms with van der Waals surface area (Å²) in [5, 5.41) is 0.